The molecule has 5 nitrogen and oxygen atoms in total. The number of nitrogens with one attached hydrogen (secondary N) is 2. The van der Waals surface area contributed by atoms with Gasteiger partial charge >= 0.3 is 12.0 Å². The lowest BCUT2D eigenvalue weighted by molar-refractivity contribution is -0.138. The molecule has 0 aliphatic rings. The van der Waals surface area contributed by atoms with Crippen LogP contribution in [-0.4, -0.2) is 29.7 Å². The van der Waals surface area contributed by atoms with Crippen molar-refractivity contribution in [3.63, 3.8) is 0 Å². The Morgan fingerprint density at radius 2 is 1.87 bits per heavy atom. The second kappa shape index (κ2) is 7.09. The second-order valence-corrected chi connectivity index (χ2v) is 4.00. The summed E-state index contributed by atoms with van der Waals surface area (Å²) in [4.78, 5) is 21.5. The lowest BCUT2D eigenvalue weighted by Crippen LogP contribution is -2.44. The van der Waals surface area contributed by atoms with Gasteiger partial charge in [0.25, 0.3) is 0 Å². The molecule has 0 aromatic carbocycles. The van der Waals surface area contributed by atoms with Crippen molar-refractivity contribution < 1.29 is 14.7 Å². The van der Waals surface area contributed by atoms with Crippen LogP contribution in [0.1, 0.15) is 33.6 Å². The fraction of sp³-hybridized carbons (Fsp3) is 0.800. The van der Waals surface area contributed by atoms with Gasteiger partial charge < -0.3 is 15.7 Å². The summed E-state index contributed by atoms with van der Waals surface area (Å²) in [6, 6.07) is -1.27. The van der Waals surface area contributed by atoms with Crippen molar-refractivity contribution in [3.8, 4) is 0 Å². The van der Waals surface area contributed by atoms with Crippen LogP contribution in [0.2, 0.25) is 0 Å². The summed E-state index contributed by atoms with van der Waals surface area (Å²) in [5.41, 5.74) is 0. The normalized spacial score (nSPS) is 12.3. The monoisotopic (exact) mass is 216 g/mol. The Bertz CT molecular complexity index is 217. The van der Waals surface area contributed by atoms with Crippen LogP contribution in [0.5, 0.6) is 0 Å². The molecular weight excluding hydrogens is 196 g/mol. The number of amides is 2. The topological polar surface area (TPSA) is 78.4 Å². The highest BCUT2D eigenvalue weighted by Crippen LogP contribution is 2.01. The van der Waals surface area contributed by atoms with Crippen molar-refractivity contribution in [3.05, 3.63) is 0 Å². The Kier molecular flexibility index (Phi) is 6.49. The number of carboxylic acids is 1. The maximum absolute atomic E-state index is 11.1. The van der Waals surface area contributed by atoms with Gasteiger partial charge in [-0.2, -0.15) is 0 Å². The van der Waals surface area contributed by atoms with Gasteiger partial charge in [-0.05, 0) is 25.7 Å². The number of carboxylic acid groups (broad SMARTS) is 1. The summed E-state index contributed by atoms with van der Waals surface area (Å²) < 4.78 is 0. The zero-order chi connectivity index (χ0) is 11.8. The third kappa shape index (κ3) is 7.78. The average molecular weight is 216 g/mol. The Hall–Kier alpha value is -1.26. The van der Waals surface area contributed by atoms with Crippen molar-refractivity contribution in [2.24, 2.45) is 5.92 Å². The van der Waals surface area contributed by atoms with Crippen LogP contribution in [0.25, 0.3) is 0 Å². The first-order chi connectivity index (χ1) is 6.93. The first-order valence-corrected chi connectivity index (χ1v) is 5.20. The lowest BCUT2D eigenvalue weighted by atomic mass is 10.1. The molecule has 0 bridgehead atoms. The smallest absolute Gasteiger partial charge is 0.325 e. The van der Waals surface area contributed by atoms with E-state index >= 15 is 0 Å². The largest absolute Gasteiger partial charge is 0.480 e. The number of hydrogen-bond acceptors (Lipinski definition) is 2. The molecule has 2 amide bonds. The predicted molar refractivity (Wildman–Crippen MR) is 57.7 cm³/mol. The van der Waals surface area contributed by atoms with Crippen LogP contribution in [0, 0.1) is 5.92 Å². The third-order valence-electron chi connectivity index (χ3n) is 1.96. The molecule has 1 unspecified atom stereocenters. The average Bonchev–Trinajstić information content (AvgIpc) is 2.12. The van der Waals surface area contributed by atoms with Gasteiger partial charge in [-0.3, -0.25) is 4.79 Å². The summed E-state index contributed by atoms with van der Waals surface area (Å²) in [5.74, 6) is -0.417. The highest BCUT2D eigenvalue weighted by molar-refractivity contribution is 5.82. The van der Waals surface area contributed by atoms with Crippen LogP contribution in [0.15, 0.2) is 0 Å². The SMILES string of the molecule is CC(C)CCCNC(=O)NC(C)C(=O)O. The number of aliphatic carboxylic acids is 1. The van der Waals surface area contributed by atoms with Crippen molar-refractivity contribution in [2.45, 2.75) is 39.7 Å². The highest BCUT2D eigenvalue weighted by Gasteiger charge is 2.12. The Labute approximate surface area is 90.2 Å². The Morgan fingerprint density at radius 1 is 1.27 bits per heavy atom. The van der Waals surface area contributed by atoms with Gasteiger partial charge in [-0.25, -0.2) is 4.79 Å². The highest BCUT2D eigenvalue weighted by atomic mass is 16.4. The zero-order valence-electron chi connectivity index (χ0n) is 9.54. The van der Waals surface area contributed by atoms with Crippen LogP contribution in [0.4, 0.5) is 4.79 Å². The molecule has 0 radical (unpaired) electrons. The van der Waals surface area contributed by atoms with Crippen LogP contribution in [0.3, 0.4) is 0 Å². The van der Waals surface area contributed by atoms with Crippen molar-refractivity contribution >= 4 is 12.0 Å². The maximum atomic E-state index is 11.1. The molecule has 88 valence electrons. The molecule has 0 spiro atoms. The summed E-state index contributed by atoms with van der Waals surface area (Å²) in [5, 5.41) is 13.5. The number of carbonyl (C=O) groups excluding carboxylic acids is 1. The fourth-order valence-electron chi connectivity index (χ4n) is 1.02. The minimum absolute atomic E-state index is 0.423. The van der Waals surface area contributed by atoms with E-state index in [0.29, 0.717) is 12.5 Å². The quantitative estimate of drug-likeness (QED) is 0.584. The van der Waals surface area contributed by atoms with E-state index in [1.807, 2.05) is 0 Å². The molecule has 0 aliphatic carbocycles. The Balaban J connectivity index is 3.54. The molecule has 15 heavy (non-hydrogen) atoms. The van der Waals surface area contributed by atoms with Crippen LogP contribution >= 0.6 is 0 Å². The predicted octanol–water partition coefficient (Wildman–Crippen LogP) is 1.19. The zero-order valence-corrected chi connectivity index (χ0v) is 9.54. The number of hydrogen-bond donors (Lipinski definition) is 3. The van der Waals surface area contributed by atoms with Gasteiger partial charge in [0.1, 0.15) is 6.04 Å². The molecule has 5 heteroatoms. The van der Waals surface area contributed by atoms with E-state index in [9.17, 15) is 9.59 Å². The molecule has 0 heterocycles. The lowest BCUT2D eigenvalue weighted by Gasteiger charge is -2.11. The van der Waals surface area contributed by atoms with E-state index in [4.69, 9.17) is 5.11 Å². The van der Waals surface area contributed by atoms with E-state index < -0.39 is 18.0 Å². The van der Waals surface area contributed by atoms with Gasteiger partial charge in [0, 0.05) is 6.54 Å². The van der Waals surface area contributed by atoms with Gasteiger partial charge in [0.05, 0.1) is 0 Å². The third-order valence-corrected chi connectivity index (χ3v) is 1.96. The molecule has 0 rings (SSSR count). The van der Waals surface area contributed by atoms with Crippen molar-refractivity contribution in [1.29, 1.82) is 0 Å². The molecule has 0 aromatic rings. The van der Waals surface area contributed by atoms with E-state index in [2.05, 4.69) is 24.5 Å². The first-order valence-electron chi connectivity index (χ1n) is 5.20. The second-order valence-electron chi connectivity index (χ2n) is 4.00. The molecule has 0 aromatic heterocycles. The molecular formula is C10H20N2O3. The Morgan fingerprint density at radius 3 is 2.33 bits per heavy atom. The molecule has 0 fully saturated rings. The van der Waals surface area contributed by atoms with E-state index in [-0.39, 0.29) is 0 Å². The summed E-state index contributed by atoms with van der Waals surface area (Å²) in [6.07, 6.45) is 1.96. The van der Waals surface area contributed by atoms with Gasteiger partial charge in [-0.15, -0.1) is 0 Å². The van der Waals surface area contributed by atoms with Gasteiger partial charge in [0.2, 0.25) is 0 Å². The molecule has 0 saturated heterocycles. The summed E-state index contributed by atoms with van der Waals surface area (Å²) in [7, 11) is 0. The van der Waals surface area contributed by atoms with E-state index in [0.717, 1.165) is 12.8 Å². The summed E-state index contributed by atoms with van der Waals surface area (Å²) in [6.45, 7) is 6.24. The molecule has 0 saturated carbocycles. The fourth-order valence-corrected chi connectivity index (χ4v) is 1.02. The molecule has 3 N–H and O–H groups in total. The number of urea groups is 1. The van der Waals surface area contributed by atoms with Crippen molar-refractivity contribution in [1.82, 2.24) is 10.6 Å². The standard InChI is InChI=1S/C10H20N2O3/c1-7(2)5-4-6-11-10(15)12-8(3)9(13)14/h7-8H,4-6H2,1-3H3,(H,13,14)(H2,11,12,15). The summed E-state index contributed by atoms with van der Waals surface area (Å²) >= 11 is 0. The number of rotatable bonds is 6. The van der Waals surface area contributed by atoms with Crippen LogP contribution in [-0.2, 0) is 4.79 Å². The minimum atomic E-state index is -1.03. The van der Waals surface area contributed by atoms with E-state index in [1.165, 1.54) is 6.92 Å². The van der Waals surface area contributed by atoms with Crippen molar-refractivity contribution in [2.75, 3.05) is 6.54 Å². The number of carbonyl (C=O) groups is 2. The minimum Gasteiger partial charge on any atom is -0.480 e. The maximum Gasteiger partial charge on any atom is 0.325 e. The van der Waals surface area contributed by atoms with Gasteiger partial charge in [0.15, 0.2) is 0 Å². The van der Waals surface area contributed by atoms with Crippen LogP contribution < -0.4 is 10.6 Å². The molecule has 0 aliphatic heterocycles. The van der Waals surface area contributed by atoms with E-state index in [1.54, 1.807) is 0 Å². The first kappa shape index (κ1) is 13.7. The van der Waals surface area contributed by atoms with Gasteiger partial charge in [-0.1, -0.05) is 13.8 Å². The molecule has 1 atom stereocenters.